The van der Waals surface area contributed by atoms with E-state index >= 15 is 0 Å². The van der Waals surface area contributed by atoms with Crippen LogP contribution in [0.15, 0.2) is 4.99 Å². The zero-order chi connectivity index (χ0) is 14.6. The molecule has 0 aromatic heterocycles. The summed E-state index contributed by atoms with van der Waals surface area (Å²) in [6.07, 6.45) is 6.82. The average molecular weight is 285 g/mol. The van der Waals surface area contributed by atoms with Gasteiger partial charge in [-0.15, -0.1) is 0 Å². The van der Waals surface area contributed by atoms with Gasteiger partial charge in [-0.25, -0.2) is 0 Å². The number of nitrogens with zero attached hydrogens (tertiary/aromatic N) is 1. The topological polar surface area (TPSA) is 54.9 Å². The van der Waals surface area contributed by atoms with Crippen LogP contribution >= 0.6 is 0 Å². The number of methoxy groups -OCH3 is 1. The van der Waals surface area contributed by atoms with Crippen molar-refractivity contribution in [2.75, 3.05) is 40.5 Å². The van der Waals surface area contributed by atoms with Crippen LogP contribution in [-0.4, -0.2) is 52.5 Å². The number of rotatable bonds is 9. The van der Waals surface area contributed by atoms with Gasteiger partial charge in [-0.2, -0.15) is 0 Å². The predicted molar refractivity (Wildman–Crippen MR) is 83.2 cm³/mol. The summed E-state index contributed by atoms with van der Waals surface area (Å²) in [7, 11) is 3.49. The molecule has 0 spiro atoms. The van der Waals surface area contributed by atoms with Crippen molar-refractivity contribution in [3.8, 4) is 0 Å². The smallest absolute Gasteiger partial charge is 0.191 e. The number of nitrogens with one attached hydrogen (secondary N) is 2. The molecule has 118 valence electrons. The molecule has 1 atom stereocenters. The van der Waals surface area contributed by atoms with Crippen LogP contribution in [0.25, 0.3) is 0 Å². The highest BCUT2D eigenvalue weighted by Crippen LogP contribution is 2.30. The minimum atomic E-state index is 0.395. The molecule has 0 amide bonds. The van der Waals surface area contributed by atoms with Crippen LogP contribution in [0.4, 0.5) is 0 Å². The second-order valence-electron chi connectivity index (χ2n) is 5.25. The Kier molecular flexibility index (Phi) is 9.41. The molecular formula is C15H31N3O2. The standard InChI is InChI=1S/C15H31N3O2/c1-4-20-14(13-7-5-6-8-13)9-10-17-15(16-2)18-11-12-19-3/h13-14H,4-12H2,1-3H3,(H2,16,17,18). The lowest BCUT2D eigenvalue weighted by atomic mass is 9.98. The summed E-state index contributed by atoms with van der Waals surface area (Å²) in [5, 5.41) is 6.56. The minimum Gasteiger partial charge on any atom is -0.383 e. The summed E-state index contributed by atoms with van der Waals surface area (Å²) in [5.41, 5.74) is 0. The van der Waals surface area contributed by atoms with Gasteiger partial charge in [-0.05, 0) is 32.1 Å². The van der Waals surface area contributed by atoms with Crippen molar-refractivity contribution in [1.29, 1.82) is 0 Å². The fraction of sp³-hybridized carbons (Fsp3) is 0.933. The second kappa shape index (κ2) is 10.9. The summed E-state index contributed by atoms with van der Waals surface area (Å²) >= 11 is 0. The van der Waals surface area contributed by atoms with Crippen molar-refractivity contribution in [1.82, 2.24) is 10.6 Å². The van der Waals surface area contributed by atoms with Gasteiger partial charge in [0.05, 0.1) is 12.7 Å². The van der Waals surface area contributed by atoms with Crippen molar-refractivity contribution in [2.45, 2.75) is 45.1 Å². The van der Waals surface area contributed by atoms with Gasteiger partial charge in [0.2, 0.25) is 0 Å². The van der Waals surface area contributed by atoms with E-state index in [1.54, 1.807) is 14.2 Å². The van der Waals surface area contributed by atoms with Crippen molar-refractivity contribution in [3.05, 3.63) is 0 Å². The summed E-state index contributed by atoms with van der Waals surface area (Å²) in [6, 6.07) is 0. The summed E-state index contributed by atoms with van der Waals surface area (Å²) < 4.78 is 10.9. The third-order valence-corrected chi connectivity index (χ3v) is 3.85. The summed E-state index contributed by atoms with van der Waals surface area (Å²) in [5.74, 6) is 1.59. The maximum atomic E-state index is 5.92. The third-order valence-electron chi connectivity index (χ3n) is 3.85. The quantitative estimate of drug-likeness (QED) is 0.385. The molecule has 1 aliphatic carbocycles. The van der Waals surface area contributed by atoms with Crippen molar-refractivity contribution < 1.29 is 9.47 Å². The first-order valence-electron chi connectivity index (χ1n) is 7.86. The summed E-state index contributed by atoms with van der Waals surface area (Å²) in [4.78, 5) is 4.20. The monoisotopic (exact) mass is 285 g/mol. The molecule has 1 fully saturated rings. The molecule has 0 radical (unpaired) electrons. The Bertz CT molecular complexity index is 266. The second-order valence-corrected chi connectivity index (χ2v) is 5.25. The van der Waals surface area contributed by atoms with Crippen molar-refractivity contribution >= 4 is 5.96 Å². The molecule has 20 heavy (non-hydrogen) atoms. The van der Waals surface area contributed by atoms with Gasteiger partial charge in [-0.1, -0.05) is 12.8 Å². The molecule has 5 heteroatoms. The number of aliphatic imine (C=N–C) groups is 1. The lowest BCUT2D eigenvalue weighted by Crippen LogP contribution is -2.40. The van der Waals surface area contributed by atoms with Crippen molar-refractivity contribution in [2.24, 2.45) is 10.9 Å². The van der Waals surface area contributed by atoms with Crippen molar-refractivity contribution in [3.63, 3.8) is 0 Å². The van der Waals surface area contributed by atoms with E-state index in [4.69, 9.17) is 9.47 Å². The predicted octanol–water partition coefficient (Wildman–Crippen LogP) is 1.78. The third kappa shape index (κ3) is 6.57. The van der Waals surface area contributed by atoms with E-state index in [-0.39, 0.29) is 0 Å². The number of ether oxygens (including phenoxy) is 2. The normalized spacial score (nSPS) is 18.2. The van der Waals surface area contributed by atoms with Crippen LogP contribution in [0, 0.1) is 5.92 Å². The van der Waals surface area contributed by atoms with Gasteiger partial charge in [0, 0.05) is 33.9 Å². The highest BCUT2D eigenvalue weighted by Gasteiger charge is 2.24. The molecule has 0 heterocycles. The molecule has 0 saturated heterocycles. The van der Waals surface area contributed by atoms with E-state index < -0.39 is 0 Å². The average Bonchev–Trinajstić information content (AvgIpc) is 2.99. The molecular weight excluding hydrogens is 254 g/mol. The summed E-state index contributed by atoms with van der Waals surface area (Å²) in [6.45, 7) is 5.24. The van der Waals surface area contributed by atoms with Crippen LogP contribution in [-0.2, 0) is 9.47 Å². The molecule has 1 aliphatic rings. The first-order valence-corrected chi connectivity index (χ1v) is 7.86. The van der Waals surface area contributed by atoms with Crippen LogP contribution < -0.4 is 10.6 Å². The fourth-order valence-electron chi connectivity index (χ4n) is 2.82. The zero-order valence-corrected chi connectivity index (χ0v) is 13.3. The van der Waals surface area contributed by atoms with E-state index in [0.717, 1.165) is 38.0 Å². The molecule has 1 rings (SSSR count). The van der Waals surface area contributed by atoms with Gasteiger partial charge in [0.15, 0.2) is 5.96 Å². The zero-order valence-electron chi connectivity index (χ0n) is 13.3. The maximum Gasteiger partial charge on any atom is 0.191 e. The first kappa shape index (κ1) is 17.2. The van der Waals surface area contributed by atoms with E-state index in [9.17, 15) is 0 Å². The van der Waals surface area contributed by atoms with E-state index in [1.165, 1.54) is 25.7 Å². The Labute approximate surface area is 123 Å². The molecule has 5 nitrogen and oxygen atoms in total. The number of guanidine groups is 1. The molecule has 2 N–H and O–H groups in total. The molecule has 1 saturated carbocycles. The number of hydrogen-bond donors (Lipinski definition) is 2. The van der Waals surface area contributed by atoms with Gasteiger partial charge in [-0.3, -0.25) is 4.99 Å². The first-order chi connectivity index (χ1) is 9.81. The Hall–Kier alpha value is -0.810. The van der Waals surface area contributed by atoms with Gasteiger partial charge < -0.3 is 20.1 Å². The van der Waals surface area contributed by atoms with E-state index in [0.29, 0.717) is 12.7 Å². The van der Waals surface area contributed by atoms with Crippen LogP contribution in [0.5, 0.6) is 0 Å². The minimum absolute atomic E-state index is 0.395. The van der Waals surface area contributed by atoms with E-state index in [2.05, 4.69) is 22.5 Å². The highest BCUT2D eigenvalue weighted by molar-refractivity contribution is 5.79. The maximum absolute atomic E-state index is 5.92. The van der Waals surface area contributed by atoms with Crippen LogP contribution in [0.3, 0.4) is 0 Å². The largest absolute Gasteiger partial charge is 0.383 e. The lowest BCUT2D eigenvalue weighted by Gasteiger charge is -2.24. The van der Waals surface area contributed by atoms with Crippen LogP contribution in [0.2, 0.25) is 0 Å². The molecule has 0 bridgehead atoms. The Morgan fingerprint density at radius 1 is 1.25 bits per heavy atom. The molecule has 1 unspecified atom stereocenters. The Morgan fingerprint density at radius 2 is 1.95 bits per heavy atom. The highest BCUT2D eigenvalue weighted by atomic mass is 16.5. The van der Waals surface area contributed by atoms with Gasteiger partial charge in [0.1, 0.15) is 0 Å². The Balaban J connectivity index is 2.24. The van der Waals surface area contributed by atoms with E-state index in [1.807, 2.05) is 0 Å². The fourth-order valence-corrected chi connectivity index (χ4v) is 2.82. The number of hydrogen-bond acceptors (Lipinski definition) is 3. The van der Waals surface area contributed by atoms with Gasteiger partial charge >= 0.3 is 0 Å². The lowest BCUT2D eigenvalue weighted by molar-refractivity contribution is 0.0169. The molecule has 0 aromatic carbocycles. The Morgan fingerprint density at radius 3 is 2.55 bits per heavy atom. The molecule has 0 aromatic rings. The van der Waals surface area contributed by atoms with Gasteiger partial charge in [0.25, 0.3) is 0 Å². The SMILES string of the molecule is CCOC(CCNC(=NC)NCCOC)C1CCCC1. The van der Waals surface area contributed by atoms with Crippen LogP contribution in [0.1, 0.15) is 39.0 Å². The molecule has 0 aliphatic heterocycles.